The van der Waals surface area contributed by atoms with Crippen molar-refractivity contribution in [2.75, 3.05) is 6.54 Å². The van der Waals surface area contributed by atoms with Gasteiger partial charge in [-0.3, -0.25) is 4.79 Å². The van der Waals surface area contributed by atoms with Crippen LogP contribution in [0.15, 0.2) is 35.2 Å². The van der Waals surface area contributed by atoms with Crippen LogP contribution in [0.5, 0.6) is 0 Å². The monoisotopic (exact) mass is 304 g/mol. The zero-order valence-electron chi connectivity index (χ0n) is 12.4. The zero-order chi connectivity index (χ0) is 14.7. The average molecular weight is 304 g/mol. The lowest BCUT2D eigenvalue weighted by Gasteiger charge is -2.29. The van der Waals surface area contributed by atoms with Crippen LogP contribution in [0.25, 0.3) is 0 Å². The van der Waals surface area contributed by atoms with Gasteiger partial charge in [0.05, 0.1) is 4.75 Å². The minimum absolute atomic E-state index is 0.173. The number of hydrogen-bond acceptors (Lipinski definition) is 3. The Morgan fingerprint density at radius 3 is 2.52 bits per heavy atom. The molecule has 1 unspecified atom stereocenters. The molecule has 0 spiro atoms. The van der Waals surface area contributed by atoms with Gasteiger partial charge in [-0.15, -0.1) is 11.8 Å². The molecule has 2 aliphatic carbocycles. The van der Waals surface area contributed by atoms with E-state index in [2.05, 4.69) is 17.4 Å². The Hall–Kier alpha value is -1.00. The Bertz CT molecular complexity index is 481. The molecule has 2 saturated carbocycles. The Morgan fingerprint density at radius 2 is 1.95 bits per heavy atom. The van der Waals surface area contributed by atoms with Gasteiger partial charge in [0.2, 0.25) is 5.91 Å². The third-order valence-electron chi connectivity index (χ3n) is 4.64. The predicted molar refractivity (Wildman–Crippen MR) is 87.2 cm³/mol. The van der Waals surface area contributed by atoms with Crippen LogP contribution in [0.4, 0.5) is 0 Å². The number of amides is 1. The average Bonchev–Trinajstić information content (AvgIpc) is 3.25. The molecule has 0 saturated heterocycles. The summed E-state index contributed by atoms with van der Waals surface area (Å²) >= 11 is 1.74. The lowest BCUT2D eigenvalue weighted by molar-refractivity contribution is -0.124. The largest absolute Gasteiger partial charge is 0.351 e. The highest BCUT2D eigenvalue weighted by Gasteiger charge is 2.44. The molecule has 1 atom stereocenters. The third kappa shape index (κ3) is 3.43. The van der Waals surface area contributed by atoms with Gasteiger partial charge in [-0.2, -0.15) is 0 Å². The van der Waals surface area contributed by atoms with E-state index in [4.69, 9.17) is 5.73 Å². The molecule has 3 N–H and O–H groups in total. The predicted octanol–water partition coefficient (Wildman–Crippen LogP) is 2.95. The van der Waals surface area contributed by atoms with E-state index in [0.717, 1.165) is 25.7 Å². The molecule has 0 aromatic heterocycles. The Labute approximate surface area is 131 Å². The van der Waals surface area contributed by atoms with Crippen molar-refractivity contribution in [3.8, 4) is 0 Å². The topological polar surface area (TPSA) is 55.1 Å². The summed E-state index contributed by atoms with van der Waals surface area (Å²) < 4.78 is -0.288. The maximum Gasteiger partial charge on any atom is 0.236 e. The van der Waals surface area contributed by atoms with Crippen LogP contribution in [0.1, 0.15) is 38.5 Å². The number of nitrogens with one attached hydrogen (secondary N) is 1. The first-order valence-electron chi connectivity index (χ1n) is 7.99. The second-order valence-corrected chi connectivity index (χ2v) is 7.73. The number of carbonyl (C=O) groups excluding carboxylic acids is 1. The minimum atomic E-state index is -0.288. The normalized spacial score (nSPS) is 22.0. The zero-order valence-corrected chi connectivity index (χ0v) is 13.2. The first-order chi connectivity index (χ1) is 10.2. The van der Waals surface area contributed by atoms with Gasteiger partial charge in [-0.1, -0.05) is 31.0 Å². The molecular weight excluding hydrogens is 280 g/mol. The summed E-state index contributed by atoms with van der Waals surface area (Å²) in [5, 5.41) is 3.25. The van der Waals surface area contributed by atoms with E-state index in [1.165, 1.54) is 17.7 Å². The van der Waals surface area contributed by atoms with Crippen molar-refractivity contribution in [2.24, 2.45) is 11.7 Å². The molecular formula is C17H24N2OS. The fraction of sp³-hybridized carbons (Fsp3) is 0.588. The molecule has 3 rings (SSSR count). The van der Waals surface area contributed by atoms with E-state index in [0.29, 0.717) is 12.5 Å². The molecule has 4 heteroatoms. The molecule has 2 aliphatic rings. The van der Waals surface area contributed by atoms with Gasteiger partial charge in [0, 0.05) is 17.5 Å². The van der Waals surface area contributed by atoms with Crippen molar-refractivity contribution in [2.45, 2.75) is 54.2 Å². The molecule has 114 valence electrons. The van der Waals surface area contributed by atoms with Crippen molar-refractivity contribution in [1.82, 2.24) is 5.32 Å². The van der Waals surface area contributed by atoms with E-state index in [-0.39, 0.29) is 16.7 Å². The number of benzene rings is 1. The first kappa shape index (κ1) is 14.9. The first-order valence-corrected chi connectivity index (χ1v) is 8.80. The van der Waals surface area contributed by atoms with Crippen LogP contribution >= 0.6 is 11.8 Å². The van der Waals surface area contributed by atoms with Crippen molar-refractivity contribution >= 4 is 17.7 Å². The maximum absolute atomic E-state index is 12.9. The fourth-order valence-electron chi connectivity index (χ4n) is 3.20. The fourth-order valence-corrected chi connectivity index (χ4v) is 4.59. The highest BCUT2D eigenvalue weighted by Crippen LogP contribution is 2.46. The molecule has 0 aliphatic heterocycles. The molecule has 0 bridgehead atoms. The Balaban J connectivity index is 1.72. The molecule has 3 nitrogen and oxygen atoms in total. The number of hydrogen-bond donors (Lipinski definition) is 2. The lowest BCUT2D eigenvalue weighted by atomic mass is 10.0. The number of carbonyl (C=O) groups is 1. The summed E-state index contributed by atoms with van der Waals surface area (Å²) in [6, 6.07) is 10.5. The van der Waals surface area contributed by atoms with Gasteiger partial charge in [-0.25, -0.2) is 0 Å². The van der Waals surface area contributed by atoms with E-state index in [1.54, 1.807) is 11.8 Å². The van der Waals surface area contributed by atoms with E-state index in [9.17, 15) is 4.79 Å². The van der Waals surface area contributed by atoms with Crippen molar-refractivity contribution < 1.29 is 4.79 Å². The van der Waals surface area contributed by atoms with Crippen LogP contribution < -0.4 is 11.1 Å². The summed E-state index contributed by atoms with van der Waals surface area (Å²) in [5.41, 5.74) is 5.83. The number of rotatable bonds is 6. The van der Waals surface area contributed by atoms with Crippen LogP contribution in [0, 0.1) is 5.92 Å². The van der Waals surface area contributed by atoms with Gasteiger partial charge in [0.1, 0.15) is 0 Å². The minimum Gasteiger partial charge on any atom is -0.351 e. The molecule has 0 heterocycles. The molecule has 2 fully saturated rings. The Kier molecular flexibility index (Phi) is 4.55. The highest BCUT2D eigenvalue weighted by atomic mass is 32.2. The van der Waals surface area contributed by atoms with Gasteiger partial charge < -0.3 is 11.1 Å². The van der Waals surface area contributed by atoms with Crippen molar-refractivity contribution in [1.29, 1.82) is 0 Å². The summed E-state index contributed by atoms with van der Waals surface area (Å²) in [4.78, 5) is 14.1. The maximum atomic E-state index is 12.9. The summed E-state index contributed by atoms with van der Waals surface area (Å²) in [5.74, 6) is 0.815. The highest BCUT2D eigenvalue weighted by molar-refractivity contribution is 8.01. The summed E-state index contributed by atoms with van der Waals surface area (Å²) in [7, 11) is 0. The molecule has 0 radical (unpaired) electrons. The van der Waals surface area contributed by atoms with E-state index >= 15 is 0 Å². The van der Waals surface area contributed by atoms with Gasteiger partial charge in [-0.05, 0) is 43.7 Å². The number of nitrogens with two attached hydrogens (primary N) is 1. The van der Waals surface area contributed by atoms with Crippen molar-refractivity contribution in [3.05, 3.63) is 30.3 Å². The lowest BCUT2D eigenvalue weighted by Crippen LogP contribution is -2.50. The summed E-state index contributed by atoms with van der Waals surface area (Å²) in [6.07, 6.45) is 6.65. The quantitative estimate of drug-likeness (QED) is 0.849. The number of thioether (sulfide) groups is 1. The van der Waals surface area contributed by atoms with Gasteiger partial charge in [0.15, 0.2) is 0 Å². The second kappa shape index (κ2) is 6.41. The third-order valence-corrected chi connectivity index (χ3v) is 6.14. The van der Waals surface area contributed by atoms with Gasteiger partial charge in [0.25, 0.3) is 0 Å². The second-order valence-electron chi connectivity index (χ2n) is 6.27. The molecule has 21 heavy (non-hydrogen) atoms. The summed E-state index contributed by atoms with van der Waals surface area (Å²) in [6.45, 7) is 0.558. The van der Waals surface area contributed by atoms with Crippen LogP contribution in [-0.4, -0.2) is 23.2 Å². The smallest absolute Gasteiger partial charge is 0.236 e. The standard InChI is InChI=1S/C17H24N2OS/c18-12-15(13-8-9-13)19-16(20)17(10-4-5-11-17)21-14-6-2-1-3-7-14/h1-3,6-7,13,15H,4-5,8-12,18H2,(H,19,20). The molecule has 1 aromatic carbocycles. The molecule has 1 amide bonds. The SMILES string of the molecule is NCC(NC(=O)C1(Sc2ccccc2)CCCC1)C1CC1. The van der Waals surface area contributed by atoms with E-state index in [1.807, 2.05) is 18.2 Å². The van der Waals surface area contributed by atoms with E-state index < -0.39 is 0 Å². The van der Waals surface area contributed by atoms with Gasteiger partial charge >= 0.3 is 0 Å². The van der Waals surface area contributed by atoms with Crippen molar-refractivity contribution in [3.63, 3.8) is 0 Å². The molecule has 1 aromatic rings. The van der Waals surface area contributed by atoms with Crippen LogP contribution in [-0.2, 0) is 4.79 Å². The Morgan fingerprint density at radius 1 is 1.29 bits per heavy atom. The van der Waals surface area contributed by atoms with Crippen LogP contribution in [0.3, 0.4) is 0 Å². The van der Waals surface area contributed by atoms with Crippen LogP contribution in [0.2, 0.25) is 0 Å².